The van der Waals surface area contributed by atoms with Gasteiger partial charge < -0.3 is 10.4 Å². The van der Waals surface area contributed by atoms with Crippen LogP contribution in [0.2, 0.25) is 0 Å². The van der Waals surface area contributed by atoms with Crippen molar-refractivity contribution in [3.8, 4) is 11.8 Å². The number of carboxylic acid groups (broad SMARTS) is 1. The smallest absolute Gasteiger partial charge is 0.307 e. The first kappa shape index (κ1) is 10.6. The molecule has 1 amide bonds. The van der Waals surface area contributed by atoms with Crippen molar-refractivity contribution in [3.63, 3.8) is 0 Å². The molecule has 1 saturated carbocycles. The highest BCUT2D eigenvalue weighted by molar-refractivity contribution is 5.89. The van der Waals surface area contributed by atoms with E-state index < -0.39 is 11.9 Å². The summed E-state index contributed by atoms with van der Waals surface area (Å²) >= 11 is 0. The number of carbonyl (C=O) groups excluding carboxylic acids is 1. The topological polar surface area (TPSA) is 66.4 Å². The van der Waals surface area contributed by atoms with Gasteiger partial charge in [0.15, 0.2) is 0 Å². The van der Waals surface area contributed by atoms with Crippen molar-refractivity contribution >= 4 is 11.9 Å². The first-order chi connectivity index (χ1) is 6.66. The molecule has 0 spiro atoms. The predicted octanol–water partition coefficient (Wildman–Crippen LogP) is 0.237. The number of nitrogens with one attached hydrogen (secondary N) is 1. The van der Waals surface area contributed by atoms with Crippen LogP contribution in [0.5, 0.6) is 0 Å². The Balaban J connectivity index is 2.17. The van der Waals surface area contributed by atoms with E-state index in [-0.39, 0.29) is 11.8 Å². The molecule has 0 heterocycles. The molecule has 1 aliphatic carbocycles. The summed E-state index contributed by atoms with van der Waals surface area (Å²) in [7, 11) is 0. The highest BCUT2D eigenvalue weighted by Gasteiger charge is 2.48. The summed E-state index contributed by atoms with van der Waals surface area (Å²) in [5, 5.41) is 11.2. The lowest BCUT2D eigenvalue weighted by Gasteiger charge is -2.00. The second-order valence-corrected chi connectivity index (χ2v) is 3.25. The van der Waals surface area contributed by atoms with Gasteiger partial charge in [-0.3, -0.25) is 9.59 Å². The van der Waals surface area contributed by atoms with E-state index in [4.69, 9.17) is 5.11 Å². The maximum atomic E-state index is 11.3. The third-order valence-electron chi connectivity index (χ3n) is 2.17. The number of amides is 1. The van der Waals surface area contributed by atoms with E-state index in [0.717, 1.165) is 0 Å². The van der Waals surface area contributed by atoms with Crippen LogP contribution in [0.15, 0.2) is 0 Å². The van der Waals surface area contributed by atoms with Crippen LogP contribution in [0.3, 0.4) is 0 Å². The van der Waals surface area contributed by atoms with E-state index in [1.807, 2.05) is 0 Å². The molecule has 4 nitrogen and oxygen atoms in total. The number of aliphatic carboxylic acids is 1. The van der Waals surface area contributed by atoms with Crippen LogP contribution in [0.25, 0.3) is 0 Å². The van der Waals surface area contributed by atoms with E-state index in [1.54, 1.807) is 6.92 Å². The van der Waals surface area contributed by atoms with Gasteiger partial charge in [0, 0.05) is 13.0 Å². The van der Waals surface area contributed by atoms with Crippen LogP contribution in [-0.2, 0) is 9.59 Å². The molecule has 1 fully saturated rings. The van der Waals surface area contributed by atoms with Gasteiger partial charge in [0.05, 0.1) is 11.8 Å². The zero-order chi connectivity index (χ0) is 10.6. The number of hydrogen-bond donors (Lipinski definition) is 2. The molecule has 0 aromatic carbocycles. The second-order valence-electron chi connectivity index (χ2n) is 3.25. The average Bonchev–Trinajstić information content (AvgIpc) is 2.91. The Hall–Kier alpha value is -1.50. The molecule has 0 aromatic heterocycles. The molecule has 1 aliphatic rings. The van der Waals surface area contributed by atoms with Gasteiger partial charge in [0.2, 0.25) is 5.91 Å². The van der Waals surface area contributed by atoms with E-state index >= 15 is 0 Å². The Morgan fingerprint density at radius 1 is 1.50 bits per heavy atom. The first-order valence-corrected chi connectivity index (χ1v) is 4.57. The van der Waals surface area contributed by atoms with Crippen molar-refractivity contribution in [3.05, 3.63) is 0 Å². The SMILES string of the molecule is CC#CCCNC(=O)[C@@H]1C[C@@H]1C(=O)O. The average molecular weight is 195 g/mol. The molecule has 14 heavy (non-hydrogen) atoms. The minimum Gasteiger partial charge on any atom is -0.481 e. The Kier molecular flexibility index (Phi) is 3.52. The lowest BCUT2D eigenvalue weighted by molar-refractivity contribution is -0.140. The van der Waals surface area contributed by atoms with Crippen molar-refractivity contribution in [2.24, 2.45) is 11.8 Å². The van der Waals surface area contributed by atoms with Crippen LogP contribution in [0.4, 0.5) is 0 Å². The molecule has 0 radical (unpaired) electrons. The van der Waals surface area contributed by atoms with E-state index in [2.05, 4.69) is 17.2 Å². The molecule has 0 bridgehead atoms. The maximum Gasteiger partial charge on any atom is 0.307 e. The van der Waals surface area contributed by atoms with Crippen LogP contribution < -0.4 is 5.32 Å². The van der Waals surface area contributed by atoms with Crippen molar-refractivity contribution in [1.29, 1.82) is 0 Å². The van der Waals surface area contributed by atoms with Crippen LogP contribution in [0.1, 0.15) is 19.8 Å². The summed E-state index contributed by atoms with van der Waals surface area (Å²) in [5.41, 5.74) is 0. The molecule has 1 rings (SSSR count). The van der Waals surface area contributed by atoms with Crippen molar-refractivity contribution in [2.45, 2.75) is 19.8 Å². The fourth-order valence-corrected chi connectivity index (χ4v) is 1.26. The molecule has 0 aromatic rings. The minimum absolute atomic E-state index is 0.157. The van der Waals surface area contributed by atoms with Crippen molar-refractivity contribution < 1.29 is 14.7 Å². The third kappa shape index (κ3) is 2.77. The zero-order valence-corrected chi connectivity index (χ0v) is 8.04. The Morgan fingerprint density at radius 3 is 2.71 bits per heavy atom. The second kappa shape index (κ2) is 4.66. The molecule has 0 unspecified atom stereocenters. The highest BCUT2D eigenvalue weighted by Crippen LogP contribution is 2.38. The first-order valence-electron chi connectivity index (χ1n) is 4.57. The van der Waals surface area contributed by atoms with Gasteiger partial charge in [-0.25, -0.2) is 0 Å². The largest absolute Gasteiger partial charge is 0.481 e. The summed E-state index contributed by atoms with van der Waals surface area (Å²) < 4.78 is 0. The minimum atomic E-state index is -0.876. The fraction of sp³-hybridized carbons (Fsp3) is 0.600. The summed E-state index contributed by atoms with van der Waals surface area (Å²) in [6.45, 7) is 2.24. The van der Waals surface area contributed by atoms with E-state index in [0.29, 0.717) is 19.4 Å². The standard InChI is InChI=1S/C10H13NO3/c1-2-3-4-5-11-9(12)7-6-8(7)10(13)14/h7-8H,4-6H2,1H3,(H,11,12)(H,13,14)/t7-,8+/m1/s1. The highest BCUT2D eigenvalue weighted by atomic mass is 16.4. The van der Waals surface area contributed by atoms with Crippen molar-refractivity contribution in [2.75, 3.05) is 6.54 Å². The molecule has 76 valence electrons. The molecular formula is C10H13NO3. The Morgan fingerprint density at radius 2 is 2.21 bits per heavy atom. The number of rotatable bonds is 4. The summed E-state index contributed by atoms with van der Waals surface area (Å²) in [6.07, 6.45) is 1.09. The molecule has 4 heteroatoms. The number of hydrogen-bond acceptors (Lipinski definition) is 2. The fourth-order valence-electron chi connectivity index (χ4n) is 1.26. The summed E-state index contributed by atoms with van der Waals surface area (Å²) in [6, 6.07) is 0. The summed E-state index contributed by atoms with van der Waals surface area (Å²) in [5.74, 6) is 3.72. The van der Waals surface area contributed by atoms with Crippen LogP contribution >= 0.6 is 0 Å². The maximum absolute atomic E-state index is 11.3. The summed E-state index contributed by atoms with van der Waals surface area (Å²) in [4.78, 5) is 21.7. The van der Waals surface area contributed by atoms with Crippen molar-refractivity contribution in [1.82, 2.24) is 5.32 Å². The normalized spacial score (nSPS) is 23.2. The molecule has 0 saturated heterocycles. The van der Waals surface area contributed by atoms with Crippen LogP contribution in [-0.4, -0.2) is 23.5 Å². The predicted molar refractivity (Wildman–Crippen MR) is 50.3 cm³/mol. The number of carbonyl (C=O) groups is 2. The monoisotopic (exact) mass is 195 g/mol. The molecule has 2 atom stereocenters. The van der Waals surface area contributed by atoms with Gasteiger partial charge in [-0.15, -0.1) is 11.8 Å². The third-order valence-corrected chi connectivity index (χ3v) is 2.17. The lowest BCUT2D eigenvalue weighted by atomic mass is 10.3. The quantitative estimate of drug-likeness (QED) is 0.498. The Bertz CT molecular complexity index is 300. The van der Waals surface area contributed by atoms with Crippen LogP contribution in [0, 0.1) is 23.7 Å². The van der Waals surface area contributed by atoms with E-state index in [9.17, 15) is 9.59 Å². The van der Waals surface area contributed by atoms with E-state index in [1.165, 1.54) is 0 Å². The van der Waals surface area contributed by atoms with Gasteiger partial charge in [-0.1, -0.05) is 0 Å². The van der Waals surface area contributed by atoms with Gasteiger partial charge in [0.25, 0.3) is 0 Å². The number of carboxylic acids is 1. The van der Waals surface area contributed by atoms with Gasteiger partial charge in [0.1, 0.15) is 0 Å². The lowest BCUT2D eigenvalue weighted by Crippen LogP contribution is -2.27. The molecule has 2 N–H and O–H groups in total. The zero-order valence-electron chi connectivity index (χ0n) is 8.04. The van der Waals surface area contributed by atoms with Gasteiger partial charge >= 0.3 is 5.97 Å². The molecular weight excluding hydrogens is 182 g/mol. The van der Waals surface area contributed by atoms with Gasteiger partial charge in [-0.2, -0.15) is 0 Å². The van der Waals surface area contributed by atoms with Gasteiger partial charge in [-0.05, 0) is 13.3 Å². The Labute approximate surface area is 82.7 Å². The molecule has 0 aliphatic heterocycles.